The number of H-pyrrole nitrogens is 1. The van der Waals surface area contributed by atoms with Crippen molar-refractivity contribution in [2.75, 3.05) is 25.2 Å². The first-order chi connectivity index (χ1) is 24.8. The van der Waals surface area contributed by atoms with Crippen LogP contribution in [0.15, 0.2) is 80.7 Å². The molecule has 12 heteroatoms. The van der Waals surface area contributed by atoms with Crippen molar-refractivity contribution in [2.45, 2.75) is 88.0 Å². The summed E-state index contributed by atoms with van der Waals surface area (Å²) in [6.07, 6.45) is 6.58. The Labute approximate surface area is 313 Å². The van der Waals surface area contributed by atoms with E-state index in [1.807, 2.05) is 54.4 Å². The topological polar surface area (TPSA) is 132 Å². The molecule has 0 saturated heterocycles. The summed E-state index contributed by atoms with van der Waals surface area (Å²) in [5, 5.41) is 1.04. The van der Waals surface area contributed by atoms with Gasteiger partial charge < -0.3 is 20.2 Å². The van der Waals surface area contributed by atoms with Gasteiger partial charge in [-0.3, -0.25) is 19.6 Å². The highest BCUT2D eigenvalue weighted by atomic mass is 32.2. The quantitative estimate of drug-likeness (QED) is 0.190. The summed E-state index contributed by atoms with van der Waals surface area (Å²) < 4.78 is 26.4. The molecule has 2 aromatic carbocycles. The number of aryl methyl sites for hydroxylation is 1. The number of pyridine rings is 1. The number of hydrogen-bond acceptors (Lipinski definition) is 9. The van der Waals surface area contributed by atoms with Crippen LogP contribution in [0.3, 0.4) is 0 Å². The molecule has 2 bridgehead atoms. The molecule has 2 aromatic heterocycles. The van der Waals surface area contributed by atoms with Crippen LogP contribution < -0.4 is 5.73 Å². The molecular weight excluding hydrogens is 698 g/mol. The number of ether oxygens (including phenoxy) is 2. The number of aliphatic imine (C=N–C) groups is 2. The van der Waals surface area contributed by atoms with Gasteiger partial charge >= 0.3 is 11.9 Å². The third kappa shape index (κ3) is 9.83. The zero-order valence-electron chi connectivity index (χ0n) is 30.8. The van der Waals surface area contributed by atoms with Crippen LogP contribution in [0.5, 0.6) is 0 Å². The van der Waals surface area contributed by atoms with Gasteiger partial charge in [-0.2, -0.15) is 11.8 Å². The van der Waals surface area contributed by atoms with E-state index in [0.29, 0.717) is 28.7 Å². The largest absolute Gasteiger partial charge is 0.462 e. The predicted molar refractivity (Wildman–Crippen MR) is 209 cm³/mol. The average molecular weight is 746 g/mol. The highest BCUT2D eigenvalue weighted by Crippen LogP contribution is 2.39. The second-order valence-corrected chi connectivity index (χ2v) is 16.4. The highest BCUT2D eigenvalue weighted by molar-refractivity contribution is 7.99. The lowest BCUT2D eigenvalue weighted by Gasteiger charge is -2.32. The Hall–Kier alpha value is -4.16. The van der Waals surface area contributed by atoms with Crippen molar-refractivity contribution < 1.29 is 23.5 Å². The number of aromatic amines is 1. The van der Waals surface area contributed by atoms with Gasteiger partial charge in [-0.25, -0.2) is 9.38 Å². The molecule has 4 aromatic rings. The van der Waals surface area contributed by atoms with E-state index < -0.39 is 23.5 Å². The minimum Gasteiger partial charge on any atom is -0.462 e. The molecule has 0 spiro atoms. The van der Waals surface area contributed by atoms with E-state index in [0.717, 1.165) is 69.7 Å². The van der Waals surface area contributed by atoms with E-state index >= 15 is 4.39 Å². The van der Waals surface area contributed by atoms with Crippen LogP contribution in [0.1, 0.15) is 76.3 Å². The number of aromatic nitrogens is 2. The van der Waals surface area contributed by atoms with Crippen LogP contribution in [0.25, 0.3) is 10.9 Å². The van der Waals surface area contributed by atoms with Crippen molar-refractivity contribution in [3.8, 4) is 0 Å². The van der Waals surface area contributed by atoms with Gasteiger partial charge in [0.25, 0.3) is 0 Å². The Bertz CT molecular complexity index is 1980. The molecule has 1 unspecified atom stereocenters. The molecule has 0 saturated carbocycles. The maximum atomic E-state index is 15.8. The van der Waals surface area contributed by atoms with Gasteiger partial charge in [-0.1, -0.05) is 56.3 Å². The molecule has 0 radical (unpaired) electrons. The van der Waals surface area contributed by atoms with Crippen molar-refractivity contribution in [1.82, 2.24) is 9.97 Å². The Morgan fingerprint density at radius 3 is 2.65 bits per heavy atom. The monoisotopic (exact) mass is 745 g/mol. The van der Waals surface area contributed by atoms with Crippen molar-refractivity contribution in [1.29, 1.82) is 0 Å². The first-order valence-electron chi connectivity index (χ1n) is 17.5. The molecular formula is C40H48FN5O4S2. The molecule has 2 atom stereocenters. The van der Waals surface area contributed by atoms with Crippen LogP contribution in [0.2, 0.25) is 0 Å². The normalized spacial score (nSPS) is 19.9. The predicted octanol–water partition coefficient (Wildman–Crippen LogP) is 8.07. The van der Waals surface area contributed by atoms with E-state index in [-0.39, 0.29) is 17.8 Å². The summed E-state index contributed by atoms with van der Waals surface area (Å²) in [5.41, 5.74) is 10.5. The molecule has 3 N–H and O–H groups in total. The summed E-state index contributed by atoms with van der Waals surface area (Å²) in [7, 11) is 1.66. The van der Waals surface area contributed by atoms with Crippen LogP contribution in [0.4, 0.5) is 4.39 Å². The third-order valence-corrected chi connectivity index (χ3v) is 12.0. The van der Waals surface area contributed by atoms with Gasteiger partial charge in [0.15, 0.2) is 5.84 Å². The number of amidine groups is 2. The number of nitrogens with two attached hydrogens (primary N) is 1. The van der Waals surface area contributed by atoms with Gasteiger partial charge in [0.05, 0.1) is 4.90 Å². The summed E-state index contributed by atoms with van der Waals surface area (Å²) in [6.45, 7) is 9.31. The fourth-order valence-electron chi connectivity index (χ4n) is 6.58. The van der Waals surface area contributed by atoms with Crippen LogP contribution in [0, 0.1) is 11.2 Å². The molecule has 1 aliphatic heterocycles. The van der Waals surface area contributed by atoms with Crippen LogP contribution in [-0.2, 0) is 37.3 Å². The van der Waals surface area contributed by atoms with E-state index in [4.69, 9.17) is 20.2 Å². The molecule has 0 amide bonds. The first kappa shape index (κ1) is 39.1. The zero-order valence-corrected chi connectivity index (χ0v) is 32.4. The fraction of sp³-hybridized carbons (Fsp3) is 0.425. The number of benzene rings is 2. The molecule has 52 heavy (non-hydrogen) atoms. The van der Waals surface area contributed by atoms with E-state index in [2.05, 4.69) is 41.8 Å². The lowest BCUT2D eigenvalue weighted by molar-refractivity contribution is -0.156. The van der Waals surface area contributed by atoms with E-state index in [1.165, 1.54) is 25.6 Å². The van der Waals surface area contributed by atoms with Crippen molar-refractivity contribution in [3.63, 3.8) is 0 Å². The number of fused-ring (bicyclic) bond motifs is 5. The van der Waals surface area contributed by atoms with Gasteiger partial charge in [0.2, 0.25) is 0 Å². The number of esters is 2. The summed E-state index contributed by atoms with van der Waals surface area (Å²) in [6, 6.07) is 15.4. The Balaban J connectivity index is 1.54. The Morgan fingerprint density at radius 1 is 1.10 bits per heavy atom. The molecule has 0 aliphatic carbocycles. The summed E-state index contributed by atoms with van der Waals surface area (Å²) in [5.74, 6) is 1.43. The minimum absolute atomic E-state index is 0.0392. The number of rotatable bonds is 6. The summed E-state index contributed by atoms with van der Waals surface area (Å²) >= 11 is 3.28. The maximum absolute atomic E-state index is 15.8. The average Bonchev–Trinajstić information content (AvgIpc) is 3.56. The molecule has 1 aliphatic rings. The summed E-state index contributed by atoms with van der Waals surface area (Å²) in [4.78, 5) is 42.0. The standard InChI is InChI=1S/C40H48FN5O4S2/c1-25(47)49-23-29(50-26(2)48)20-27-9-7-10-28(19-27)40(5)15-8-14-39(3,4)24-51-18-13-32-31-12-17-44-34(31)22-33(41)36(32)52-30-11-16-45-35(21-30)37(43-6)46-38(40)42/h7,9-12,16-17,19,21-22,29,44H,8,13-15,18,20,23-24H2,1-6H3,(H2,42,43,46)/t29?,40-/m1/s1. The van der Waals surface area contributed by atoms with Gasteiger partial charge in [0.1, 0.15) is 30.1 Å². The Kier molecular flexibility index (Phi) is 12.9. The molecule has 276 valence electrons. The number of thioether (sulfide) groups is 1. The Morgan fingerprint density at radius 2 is 1.90 bits per heavy atom. The number of carbonyl (C=O) groups excluding carboxylic acids is 2. The number of nitrogens with zero attached hydrogens (tertiary/aromatic N) is 3. The number of nitrogens with one attached hydrogen (secondary N) is 1. The molecule has 0 fully saturated rings. The lowest BCUT2D eigenvalue weighted by atomic mass is 9.74. The number of halogens is 1. The van der Waals surface area contributed by atoms with Crippen LogP contribution >= 0.6 is 23.5 Å². The molecule has 5 rings (SSSR count). The van der Waals surface area contributed by atoms with Crippen molar-refractivity contribution in [3.05, 3.63) is 89.1 Å². The second kappa shape index (κ2) is 17.1. The van der Waals surface area contributed by atoms with Crippen molar-refractivity contribution in [2.24, 2.45) is 21.1 Å². The third-order valence-electron chi connectivity index (χ3n) is 9.40. The van der Waals surface area contributed by atoms with Crippen LogP contribution in [-0.4, -0.2) is 64.8 Å². The molecule has 3 heterocycles. The fourth-order valence-corrected chi connectivity index (χ4v) is 8.79. The number of hydrogen-bond donors (Lipinski definition) is 2. The maximum Gasteiger partial charge on any atom is 0.303 e. The first-order valence-corrected chi connectivity index (χ1v) is 19.5. The molecule has 9 nitrogen and oxygen atoms in total. The van der Waals surface area contributed by atoms with Gasteiger partial charge in [0, 0.05) is 60.9 Å². The second-order valence-electron chi connectivity index (χ2n) is 14.2. The number of carbonyl (C=O) groups is 2. The van der Waals surface area contributed by atoms with Gasteiger partial charge in [-0.15, -0.1) is 0 Å². The van der Waals surface area contributed by atoms with E-state index in [9.17, 15) is 9.59 Å². The smallest absolute Gasteiger partial charge is 0.303 e. The zero-order chi connectivity index (χ0) is 37.5. The van der Waals surface area contributed by atoms with E-state index in [1.54, 1.807) is 19.3 Å². The SMILES string of the molecule is CN=C1N=C(N)[C@@](C)(c2cccc(CC(COC(C)=O)OC(C)=O)c2)CCCC(C)(C)CSCCc2c(c(F)cc3[nH]ccc23)Sc2ccnc1c2. The minimum atomic E-state index is -0.691. The lowest BCUT2D eigenvalue weighted by Crippen LogP contribution is -2.40. The van der Waals surface area contributed by atoms with Crippen molar-refractivity contribution >= 4 is 58.0 Å². The highest BCUT2D eigenvalue weighted by Gasteiger charge is 2.33. The van der Waals surface area contributed by atoms with Gasteiger partial charge in [-0.05, 0) is 84.1 Å².